The van der Waals surface area contributed by atoms with E-state index in [4.69, 9.17) is 4.74 Å². The average Bonchev–Trinajstić information content (AvgIpc) is 2.48. The Bertz CT molecular complexity index is 661. The zero-order valence-corrected chi connectivity index (χ0v) is 14.1. The number of rotatable bonds is 4. The summed E-state index contributed by atoms with van der Waals surface area (Å²) in [6.07, 6.45) is 0. The maximum Gasteiger partial charge on any atom is 0.321 e. The Hall–Kier alpha value is -2.49. The molecule has 0 heterocycles. The van der Waals surface area contributed by atoms with Gasteiger partial charge in [-0.3, -0.25) is 0 Å². The molecule has 0 radical (unpaired) electrons. The molecule has 0 aliphatic carbocycles. The summed E-state index contributed by atoms with van der Waals surface area (Å²) < 4.78 is 5.76. The van der Waals surface area contributed by atoms with Crippen LogP contribution >= 0.6 is 0 Å². The van der Waals surface area contributed by atoms with Crippen molar-refractivity contribution in [2.45, 2.75) is 33.1 Å². The lowest BCUT2D eigenvalue weighted by atomic mass is 9.85. The first-order valence-corrected chi connectivity index (χ1v) is 7.70. The molecule has 2 aromatic rings. The SMILES string of the molecule is Cc1ccc(OCNC(=O)Nc2ccccc2)c(C(C)(C)C)c1. The molecule has 2 rings (SSSR count). The van der Waals surface area contributed by atoms with Crippen molar-refractivity contribution in [3.05, 3.63) is 59.7 Å². The standard InChI is InChI=1S/C19H24N2O2/c1-14-10-11-17(16(12-14)19(2,3)4)23-13-20-18(22)21-15-8-6-5-7-9-15/h5-12H,13H2,1-4H3,(H2,20,21,22). The monoisotopic (exact) mass is 312 g/mol. The first kappa shape index (κ1) is 16.9. The zero-order chi connectivity index (χ0) is 16.9. The number of urea groups is 1. The summed E-state index contributed by atoms with van der Waals surface area (Å²) in [5.74, 6) is 0.795. The minimum absolute atomic E-state index is 0.0202. The number of anilines is 1. The van der Waals surface area contributed by atoms with Gasteiger partial charge in [0.2, 0.25) is 0 Å². The second-order valence-corrected chi connectivity index (χ2v) is 6.54. The van der Waals surface area contributed by atoms with Crippen LogP contribution in [0.15, 0.2) is 48.5 Å². The van der Waals surface area contributed by atoms with Crippen molar-refractivity contribution < 1.29 is 9.53 Å². The molecular formula is C19H24N2O2. The van der Waals surface area contributed by atoms with E-state index in [0.717, 1.165) is 17.0 Å². The summed E-state index contributed by atoms with van der Waals surface area (Å²) in [5, 5.41) is 5.45. The molecule has 2 amide bonds. The highest BCUT2D eigenvalue weighted by Gasteiger charge is 2.19. The molecule has 0 bridgehead atoms. The number of hydrogen-bond donors (Lipinski definition) is 2. The summed E-state index contributed by atoms with van der Waals surface area (Å²) in [7, 11) is 0. The largest absolute Gasteiger partial charge is 0.473 e. The van der Waals surface area contributed by atoms with Gasteiger partial charge in [-0.05, 0) is 36.1 Å². The molecule has 0 saturated carbocycles. The predicted molar refractivity (Wildman–Crippen MR) is 94.0 cm³/mol. The summed E-state index contributed by atoms with van der Waals surface area (Å²) in [6.45, 7) is 8.61. The number of ether oxygens (including phenoxy) is 1. The van der Waals surface area contributed by atoms with Crippen LogP contribution in [0.2, 0.25) is 0 Å². The number of amides is 2. The quantitative estimate of drug-likeness (QED) is 0.819. The van der Waals surface area contributed by atoms with Crippen LogP contribution < -0.4 is 15.4 Å². The van der Waals surface area contributed by atoms with Gasteiger partial charge in [0.05, 0.1) is 0 Å². The summed E-state index contributed by atoms with van der Waals surface area (Å²) in [4.78, 5) is 11.8. The number of carbonyl (C=O) groups is 1. The van der Waals surface area contributed by atoms with Crippen LogP contribution in [-0.4, -0.2) is 12.8 Å². The average molecular weight is 312 g/mol. The van der Waals surface area contributed by atoms with Crippen LogP contribution in [0, 0.1) is 6.92 Å². The smallest absolute Gasteiger partial charge is 0.321 e. The molecular weight excluding hydrogens is 288 g/mol. The van der Waals surface area contributed by atoms with Gasteiger partial charge in [0.25, 0.3) is 0 Å². The number of benzene rings is 2. The number of para-hydroxylation sites is 1. The molecule has 4 nitrogen and oxygen atoms in total. The van der Waals surface area contributed by atoms with E-state index >= 15 is 0 Å². The van der Waals surface area contributed by atoms with E-state index in [1.807, 2.05) is 42.5 Å². The second-order valence-electron chi connectivity index (χ2n) is 6.54. The normalized spacial score (nSPS) is 11.0. The fraction of sp³-hybridized carbons (Fsp3) is 0.316. The van der Waals surface area contributed by atoms with Crippen LogP contribution in [0.25, 0.3) is 0 Å². The molecule has 0 unspecified atom stereocenters. The summed E-state index contributed by atoms with van der Waals surface area (Å²) >= 11 is 0. The molecule has 0 atom stereocenters. The van der Waals surface area contributed by atoms with Crippen molar-refractivity contribution in [2.75, 3.05) is 12.0 Å². The number of carbonyl (C=O) groups excluding carboxylic acids is 1. The molecule has 2 N–H and O–H groups in total. The van der Waals surface area contributed by atoms with Gasteiger partial charge in [0.15, 0.2) is 6.73 Å². The lowest BCUT2D eigenvalue weighted by Crippen LogP contribution is -2.32. The number of hydrogen-bond acceptors (Lipinski definition) is 2. The fourth-order valence-electron chi connectivity index (χ4n) is 2.23. The van der Waals surface area contributed by atoms with Crippen molar-refractivity contribution in [2.24, 2.45) is 0 Å². The first-order valence-electron chi connectivity index (χ1n) is 7.70. The zero-order valence-electron chi connectivity index (χ0n) is 14.1. The highest BCUT2D eigenvalue weighted by molar-refractivity contribution is 5.89. The van der Waals surface area contributed by atoms with Crippen LogP contribution in [-0.2, 0) is 5.41 Å². The first-order chi connectivity index (χ1) is 10.9. The summed E-state index contributed by atoms with van der Waals surface area (Å²) in [6, 6.07) is 15.1. The van der Waals surface area contributed by atoms with E-state index in [-0.39, 0.29) is 18.2 Å². The minimum atomic E-state index is -0.291. The van der Waals surface area contributed by atoms with Gasteiger partial charge in [0, 0.05) is 5.69 Å². The van der Waals surface area contributed by atoms with Crippen LogP contribution in [0.1, 0.15) is 31.9 Å². The maximum atomic E-state index is 11.8. The lowest BCUT2D eigenvalue weighted by Gasteiger charge is -2.23. The third-order valence-corrected chi connectivity index (χ3v) is 3.44. The van der Waals surface area contributed by atoms with E-state index in [9.17, 15) is 4.79 Å². The molecule has 0 aliphatic heterocycles. The lowest BCUT2D eigenvalue weighted by molar-refractivity contribution is 0.233. The van der Waals surface area contributed by atoms with Crippen molar-refractivity contribution >= 4 is 11.7 Å². The van der Waals surface area contributed by atoms with Crippen LogP contribution in [0.5, 0.6) is 5.75 Å². The third-order valence-electron chi connectivity index (χ3n) is 3.44. The van der Waals surface area contributed by atoms with Gasteiger partial charge in [-0.2, -0.15) is 0 Å². The van der Waals surface area contributed by atoms with Gasteiger partial charge in [-0.25, -0.2) is 4.79 Å². The van der Waals surface area contributed by atoms with E-state index in [2.05, 4.69) is 44.4 Å². The third kappa shape index (κ3) is 5.02. The Balaban J connectivity index is 1.93. The van der Waals surface area contributed by atoms with Crippen molar-refractivity contribution in [3.8, 4) is 5.75 Å². The molecule has 23 heavy (non-hydrogen) atoms. The Morgan fingerprint density at radius 3 is 2.43 bits per heavy atom. The van der Waals surface area contributed by atoms with Crippen LogP contribution in [0.4, 0.5) is 10.5 Å². The Morgan fingerprint density at radius 1 is 1.09 bits per heavy atom. The van der Waals surface area contributed by atoms with E-state index in [1.165, 1.54) is 5.56 Å². The van der Waals surface area contributed by atoms with Crippen LogP contribution in [0.3, 0.4) is 0 Å². The van der Waals surface area contributed by atoms with E-state index < -0.39 is 0 Å². The molecule has 4 heteroatoms. The van der Waals surface area contributed by atoms with Crippen molar-refractivity contribution in [1.29, 1.82) is 0 Å². The molecule has 2 aromatic carbocycles. The Kier molecular flexibility index (Phi) is 5.27. The van der Waals surface area contributed by atoms with E-state index in [0.29, 0.717) is 0 Å². The van der Waals surface area contributed by atoms with Gasteiger partial charge in [-0.15, -0.1) is 0 Å². The Labute approximate surface area is 137 Å². The van der Waals surface area contributed by atoms with Gasteiger partial charge in [-0.1, -0.05) is 56.7 Å². The topological polar surface area (TPSA) is 50.4 Å². The maximum absolute atomic E-state index is 11.8. The molecule has 0 fully saturated rings. The Morgan fingerprint density at radius 2 is 1.78 bits per heavy atom. The molecule has 122 valence electrons. The fourth-order valence-corrected chi connectivity index (χ4v) is 2.23. The van der Waals surface area contributed by atoms with Crippen molar-refractivity contribution in [1.82, 2.24) is 5.32 Å². The minimum Gasteiger partial charge on any atom is -0.473 e. The highest BCUT2D eigenvalue weighted by Crippen LogP contribution is 2.31. The number of aryl methyl sites for hydroxylation is 1. The van der Waals surface area contributed by atoms with Crippen molar-refractivity contribution in [3.63, 3.8) is 0 Å². The van der Waals surface area contributed by atoms with Gasteiger partial charge in [0.1, 0.15) is 5.75 Å². The molecule has 0 saturated heterocycles. The van der Waals surface area contributed by atoms with Gasteiger partial charge >= 0.3 is 6.03 Å². The highest BCUT2D eigenvalue weighted by atomic mass is 16.5. The predicted octanol–water partition coefficient (Wildman–Crippen LogP) is 4.45. The van der Waals surface area contributed by atoms with Gasteiger partial charge < -0.3 is 15.4 Å². The summed E-state index contributed by atoms with van der Waals surface area (Å²) in [5.41, 5.74) is 3.05. The molecule has 0 aliphatic rings. The second kappa shape index (κ2) is 7.18. The molecule has 0 aromatic heterocycles. The molecule has 0 spiro atoms. The van der Waals surface area contributed by atoms with E-state index in [1.54, 1.807) is 0 Å². The number of nitrogens with one attached hydrogen (secondary N) is 2.